The Bertz CT molecular complexity index is 670. The molecule has 21 heavy (non-hydrogen) atoms. The Hall–Kier alpha value is -2.07. The quantitative estimate of drug-likeness (QED) is 0.421. The van der Waals surface area contributed by atoms with Crippen molar-refractivity contribution in [3.8, 4) is 34.5 Å². The highest BCUT2D eigenvalue weighted by Crippen LogP contribution is 2.52. The molecule has 0 aromatic heterocycles. The van der Waals surface area contributed by atoms with Crippen molar-refractivity contribution in [3.63, 3.8) is 0 Å². The van der Waals surface area contributed by atoms with Gasteiger partial charge in [0.05, 0.1) is 0 Å². The molecule has 110 valence electrons. The van der Waals surface area contributed by atoms with Crippen LogP contribution in [0.5, 0.6) is 34.5 Å². The molecule has 0 saturated carbocycles. The minimum atomic E-state index is -0.211. The first-order valence-electron chi connectivity index (χ1n) is 6.79. The van der Waals surface area contributed by atoms with Gasteiger partial charge in [0.15, 0.2) is 34.5 Å². The summed E-state index contributed by atoms with van der Waals surface area (Å²) < 4.78 is 11.6. The summed E-state index contributed by atoms with van der Waals surface area (Å²) in [6, 6.07) is 8.64. The molecule has 1 aliphatic heterocycles. The van der Waals surface area contributed by atoms with Crippen LogP contribution in [0.3, 0.4) is 0 Å². The van der Waals surface area contributed by atoms with Gasteiger partial charge in [0.2, 0.25) is 0 Å². The fraction of sp³-hybridized carbons (Fsp3) is 0.250. The smallest absolute Gasteiger partial charge is 0.177 e. The lowest BCUT2D eigenvalue weighted by Gasteiger charge is -2.23. The second kappa shape index (κ2) is 5.74. The maximum Gasteiger partial charge on any atom is 0.177 e. The van der Waals surface area contributed by atoms with E-state index in [9.17, 15) is 10.2 Å². The van der Waals surface area contributed by atoms with Gasteiger partial charge in [-0.05, 0) is 31.4 Å². The second-order valence-electron chi connectivity index (χ2n) is 4.85. The van der Waals surface area contributed by atoms with Crippen LogP contribution in [0.2, 0.25) is 0 Å². The molecule has 0 saturated heterocycles. The first-order valence-corrected chi connectivity index (χ1v) is 7.32. The number of ether oxygens (including phenoxy) is 2. The standard InChI is InChI=1S/C16H15ClO4/c17-8-4-3-5-10-15(19)11(18)9-14-16(10)21-13-7-2-1-6-12(13)20-14/h1-2,6-7,9,18-19H,3-5,8H2. The molecule has 0 bridgehead atoms. The normalized spacial score (nSPS) is 12.0. The summed E-state index contributed by atoms with van der Waals surface area (Å²) in [5.41, 5.74) is 0.546. The molecule has 3 rings (SSSR count). The molecule has 1 heterocycles. The van der Waals surface area contributed by atoms with E-state index in [0.29, 0.717) is 40.9 Å². The molecule has 0 atom stereocenters. The maximum absolute atomic E-state index is 10.1. The van der Waals surface area contributed by atoms with Gasteiger partial charge in [-0.2, -0.15) is 0 Å². The molecule has 0 aliphatic carbocycles. The fourth-order valence-corrected chi connectivity index (χ4v) is 2.52. The molecule has 4 nitrogen and oxygen atoms in total. The van der Waals surface area contributed by atoms with Gasteiger partial charge >= 0.3 is 0 Å². The second-order valence-corrected chi connectivity index (χ2v) is 5.23. The number of benzene rings is 2. The summed E-state index contributed by atoms with van der Waals surface area (Å²) in [7, 11) is 0. The van der Waals surface area contributed by atoms with E-state index in [1.54, 1.807) is 12.1 Å². The van der Waals surface area contributed by atoms with Gasteiger partial charge in [0.1, 0.15) is 0 Å². The van der Waals surface area contributed by atoms with E-state index in [1.165, 1.54) is 6.07 Å². The number of fused-ring (bicyclic) bond motifs is 2. The monoisotopic (exact) mass is 306 g/mol. The first-order chi connectivity index (χ1) is 10.2. The minimum Gasteiger partial charge on any atom is -0.504 e. The minimum absolute atomic E-state index is 0.161. The van der Waals surface area contributed by atoms with Gasteiger partial charge in [0, 0.05) is 17.5 Å². The van der Waals surface area contributed by atoms with Gasteiger partial charge in [-0.3, -0.25) is 0 Å². The van der Waals surface area contributed by atoms with Crippen molar-refractivity contribution in [2.45, 2.75) is 19.3 Å². The first kappa shape index (κ1) is 13.9. The number of phenolic OH excluding ortho intramolecular Hbond substituents is 2. The zero-order valence-electron chi connectivity index (χ0n) is 11.3. The molecule has 2 aromatic rings. The van der Waals surface area contributed by atoms with Crippen LogP contribution in [-0.2, 0) is 6.42 Å². The fourth-order valence-electron chi connectivity index (χ4n) is 2.33. The van der Waals surface area contributed by atoms with Crippen molar-refractivity contribution < 1.29 is 19.7 Å². The highest BCUT2D eigenvalue weighted by Gasteiger charge is 2.25. The molecule has 0 unspecified atom stereocenters. The molecule has 0 fully saturated rings. The number of alkyl halides is 1. The number of rotatable bonds is 4. The summed E-state index contributed by atoms with van der Waals surface area (Å²) in [5.74, 6) is 2.23. The molecular weight excluding hydrogens is 292 g/mol. The van der Waals surface area contributed by atoms with Crippen molar-refractivity contribution in [1.82, 2.24) is 0 Å². The summed E-state index contributed by atoms with van der Waals surface area (Å²) in [4.78, 5) is 0. The lowest BCUT2D eigenvalue weighted by atomic mass is 10.0. The molecule has 2 aromatic carbocycles. The summed E-state index contributed by atoms with van der Waals surface area (Å²) in [6.07, 6.45) is 2.17. The maximum atomic E-state index is 10.1. The Balaban J connectivity index is 2.00. The average Bonchev–Trinajstić information content (AvgIpc) is 2.49. The Morgan fingerprint density at radius 3 is 2.38 bits per heavy atom. The van der Waals surface area contributed by atoms with Crippen LogP contribution < -0.4 is 9.47 Å². The van der Waals surface area contributed by atoms with Crippen LogP contribution in [0.1, 0.15) is 18.4 Å². The molecular formula is C16H15ClO4. The summed E-state index contributed by atoms with van der Waals surface area (Å²) in [5, 5.41) is 19.9. The molecule has 5 heteroatoms. The van der Waals surface area contributed by atoms with Gasteiger partial charge < -0.3 is 19.7 Å². The predicted molar refractivity (Wildman–Crippen MR) is 80.0 cm³/mol. The van der Waals surface area contributed by atoms with E-state index < -0.39 is 0 Å². The van der Waals surface area contributed by atoms with E-state index in [0.717, 1.165) is 12.8 Å². The Kier molecular flexibility index (Phi) is 3.80. The number of unbranched alkanes of at least 4 members (excludes halogenated alkanes) is 1. The van der Waals surface area contributed by atoms with Crippen LogP contribution in [0.25, 0.3) is 0 Å². The Morgan fingerprint density at radius 2 is 1.67 bits per heavy atom. The number of halogens is 1. The van der Waals surface area contributed by atoms with Crippen LogP contribution in [0.15, 0.2) is 30.3 Å². The van der Waals surface area contributed by atoms with Crippen LogP contribution in [-0.4, -0.2) is 16.1 Å². The van der Waals surface area contributed by atoms with E-state index in [4.69, 9.17) is 21.1 Å². The zero-order chi connectivity index (χ0) is 14.8. The van der Waals surface area contributed by atoms with Crippen LogP contribution in [0.4, 0.5) is 0 Å². The SMILES string of the molecule is Oc1cc2c(c(CCCCCl)c1O)Oc1ccccc1O2. The highest BCUT2D eigenvalue weighted by molar-refractivity contribution is 6.17. The van der Waals surface area contributed by atoms with E-state index in [-0.39, 0.29) is 11.5 Å². The van der Waals surface area contributed by atoms with Crippen molar-refractivity contribution in [1.29, 1.82) is 0 Å². The lowest BCUT2D eigenvalue weighted by molar-refractivity contribution is 0.340. The van der Waals surface area contributed by atoms with Gasteiger partial charge in [-0.25, -0.2) is 0 Å². The number of aromatic hydroxyl groups is 2. The lowest BCUT2D eigenvalue weighted by Crippen LogP contribution is -2.02. The van der Waals surface area contributed by atoms with E-state index in [1.807, 2.05) is 12.1 Å². The molecule has 2 N–H and O–H groups in total. The summed E-state index contributed by atoms with van der Waals surface area (Å²) >= 11 is 5.68. The molecule has 0 amide bonds. The van der Waals surface area contributed by atoms with Crippen LogP contribution in [0, 0.1) is 0 Å². The van der Waals surface area contributed by atoms with Crippen molar-refractivity contribution in [2.24, 2.45) is 0 Å². The molecule has 0 spiro atoms. The third-order valence-corrected chi connectivity index (χ3v) is 3.65. The van der Waals surface area contributed by atoms with Gasteiger partial charge in [0.25, 0.3) is 0 Å². The number of phenols is 2. The third-order valence-electron chi connectivity index (χ3n) is 3.39. The average molecular weight is 307 g/mol. The molecule has 1 aliphatic rings. The topological polar surface area (TPSA) is 58.9 Å². The number of hydrogen-bond acceptors (Lipinski definition) is 4. The largest absolute Gasteiger partial charge is 0.504 e. The van der Waals surface area contributed by atoms with E-state index in [2.05, 4.69) is 0 Å². The van der Waals surface area contributed by atoms with Gasteiger partial charge in [-0.1, -0.05) is 12.1 Å². The molecule has 0 radical (unpaired) electrons. The number of para-hydroxylation sites is 2. The summed E-state index contributed by atoms with van der Waals surface area (Å²) in [6.45, 7) is 0. The highest BCUT2D eigenvalue weighted by atomic mass is 35.5. The zero-order valence-corrected chi connectivity index (χ0v) is 12.1. The Morgan fingerprint density at radius 1 is 0.952 bits per heavy atom. The number of hydrogen-bond donors (Lipinski definition) is 2. The van der Waals surface area contributed by atoms with Crippen molar-refractivity contribution in [2.75, 3.05) is 5.88 Å². The third kappa shape index (κ3) is 2.59. The van der Waals surface area contributed by atoms with Crippen molar-refractivity contribution in [3.05, 3.63) is 35.9 Å². The van der Waals surface area contributed by atoms with Crippen molar-refractivity contribution >= 4 is 11.6 Å². The van der Waals surface area contributed by atoms with E-state index >= 15 is 0 Å². The van der Waals surface area contributed by atoms with Crippen LogP contribution >= 0.6 is 11.6 Å². The Labute approximate surface area is 127 Å². The predicted octanol–water partition coefficient (Wildman–Crippen LogP) is 4.56. The van der Waals surface area contributed by atoms with Gasteiger partial charge in [-0.15, -0.1) is 11.6 Å².